The van der Waals surface area contributed by atoms with Gasteiger partial charge < -0.3 is 5.32 Å². The second kappa shape index (κ2) is 5.34. The third kappa shape index (κ3) is 2.45. The standard InChI is InChI=1S/C15H19N3/c1-2-4-9-13(8-3-1)17-15-14-10-6-5-7-12(14)11-16-18-15/h5-7,10-11,13H,1-4,8-9H2,(H,17,18). The Kier molecular flexibility index (Phi) is 3.40. The first-order valence-corrected chi connectivity index (χ1v) is 6.90. The van der Waals surface area contributed by atoms with Crippen molar-refractivity contribution >= 4 is 16.6 Å². The van der Waals surface area contributed by atoms with Crippen molar-refractivity contribution in [1.29, 1.82) is 0 Å². The number of hydrogen-bond acceptors (Lipinski definition) is 3. The molecule has 0 amide bonds. The lowest BCUT2D eigenvalue weighted by Crippen LogP contribution is -2.19. The van der Waals surface area contributed by atoms with E-state index in [1.54, 1.807) is 0 Å². The Balaban J connectivity index is 1.85. The molecule has 0 saturated heterocycles. The maximum absolute atomic E-state index is 4.27. The first-order valence-electron chi connectivity index (χ1n) is 6.90. The first-order chi connectivity index (χ1) is 8.93. The molecule has 0 atom stereocenters. The average Bonchev–Trinajstić information content (AvgIpc) is 2.68. The van der Waals surface area contributed by atoms with Crippen LogP contribution in [0, 0.1) is 0 Å². The minimum Gasteiger partial charge on any atom is -0.365 e. The van der Waals surface area contributed by atoms with Gasteiger partial charge in [-0.1, -0.05) is 49.9 Å². The fourth-order valence-corrected chi connectivity index (χ4v) is 2.75. The molecule has 1 aliphatic carbocycles. The van der Waals surface area contributed by atoms with Gasteiger partial charge in [0.25, 0.3) is 0 Å². The number of benzene rings is 1. The van der Waals surface area contributed by atoms with Gasteiger partial charge in [0.2, 0.25) is 0 Å². The van der Waals surface area contributed by atoms with Crippen LogP contribution in [-0.2, 0) is 0 Å². The predicted octanol–water partition coefficient (Wildman–Crippen LogP) is 3.76. The van der Waals surface area contributed by atoms with Crippen molar-refractivity contribution in [3.63, 3.8) is 0 Å². The van der Waals surface area contributed by atoms with E-state index in [-0.39, 0.29) is 0 Å². The summed E-state index contributed by atoms with van der Waals surface area (Å²) in [6.45, 7) is 0. The van der Waals surface area contributed by atoms with E-state index in [1.165, 1.54) is 43.9 Å². The highest BCUT2D eigenvalue weighted by atomic mass is 15.2. The molecule has 1 heterocycles. The average molecular weight is 241 g/mol. The summed E-state index contributed by atoms with van der Waals surface area (Å²) in [6.07, 6.45) is 9.74. The summed E-state index contributed by atoms with van der Waals surface area (Å²) in [5, 5.41) is 14.3. The highest BCUT2D eigenvalue weighted by Crippen LogP contribution is 2.24. The maximum atomic E-state index is 4.27. The maximum Gasteiger partial charge on any atom is 0.156 e. The molecular formula is C15H19N3. The van der Waals surface area contributed by atoms with Crippen molar-refractivity contribution in [2.45, 2.75) is 44.6 Å². The van der Waals surface area contributed by atoms with Gasteiger partial charge in [0.05, 0.1) is 6.20 Å². The molecule has 1 aromatic carbocycles. The SMILES string of the molecule is c1ccc2c(NC3CCCCCC3)nncc2c1. The Labute approximate surface area is 108 Å². The number of anilines is 1. The molecule has 1 aromatic heterocycles. The number of fused-ring (bicyclic) bond motifs is 1. The van der Waals surface area contributed by atoms with E-state index in [4.69, 9.17) is 0 Å². The van der Waals surface area contributed by atoms with Crippen LogP contribution in [0.1, 0.15) is 38.5 Å². The molecule has 0 unspecified atom stereocenters. The van der Waals surface area contributed by atoms with Crippen LogP contribution in [0.2, 0.25) is 0 Å². The summed E-state index contributed by atoms with van der Waals surface area (Å²) in [5.41, 5.74) is 0. The summed E-state index contributed by atoms with van der Waals surface area (Å²) in [6, 6.07) is 8.86. The van der Waals surface area contributed by atoms with Crippen molar-refractivity contribution in [2.75, 3.05) is 5.32 Å². The zero-order chi connectivity index (χ0) is 12.2. The van der Waals surface area contributed by atoms with Crippen molar-refractivity contribution in [2.24, 2.45) is 0 Å². The summed E-state index contributed by atoms with van der Waals surface area (Å²) in [7, 11) is 0. The summed E-state index contributed by atoms with van der Waals surface area (Å²) in [5.74, 6) is 0.944. The van der Waals surface area contributed by atoms with Crippen LogP contribution >= 0.6 is 0 Å². The minimum absolute atomic E-state index is 0.563. The zero-order valence-corrected chi connectivity index (χ0v) is 10.6. The molecule has 2 aromatic rings. The fourth-order valence-electron chi connectivity index (χ4n) is 2.75. The Bertz CT molecular complexity index is 511. The number of rotatable bonds is 2. The van der Waals surface area contributed by atoms with Gasteiger partial charge in [0, 0.05) is 16.8 Å². The smallest absolute Gasteiger partial charge is 0.156 e. The van der Waals surface area contributed by atoms with Crippen LogP contribution < -0.4 is 5.32 Å². The Morgan fingerprint density at radius 2 is 1.78 bits per heavy atom. The van der Waals surface area contributed by atoms with Crippen molar-refractivity contribution in [3.8, 4) is 0 Å². The molecule has 0 radical (unpaired) electrons. The van der Waals surface area contributed by atoms with Gasteiger partial charge in [-0.3, -0.25) is 0 Å². The molecule has 3 heteroatoms. The van der Waals surface area contributed by atoms with Gasteiger partial charge in [0.1, 0.15) is 0 Å². The van der Waals surface area contributed by atoms with E-state index < -0.39 is 0 Å². The Hall–Kier alpha value is -1.64. The van der Waals surface area contributed by atoms with E-state index in [9.17, 15) is 0 Å². The van der Waals surface area contributed by atoms with Crippen molar-refractivity contribution in [3.05, 3.63) is 30.5 Å². The number of nitrogens with zero attached hydrogens (tertiary/aromatic N) is 2. The summed E-state index contributed by atoms with van der Waals surface area (Å²) >= 11 is 0. The number of hydrogen-bond donors (Lipinski definition) is 1. The molecule has 0 spiro atoms. The van der Waals surface area contributed by atoms with Crippen LogP contribution in [0.15, 0.2) is 30.5 Å². The van der Waals surface area contributed by atoms with Gasteiger partial charge >= 0.3 is 0 Å². The normalized spacial score (nSPS) is 17.6. The number of aromatic nitrogens is 2. The van der Waals surface area contributed by atoms with E-state index >= 15 is 0 Å². The third-order valence-corrected chi connectivity index (χ3v) is 3.77. The molecule has 3 rings (SSSR count). The molecule has 0 bridgehead atoms. The molecule has 1 fully saturated rings. The lowest BCUT2D eigenvalue weighted by molar-refractivity contribution is 0.617. The van der Waals surface area contributed by atoms with Crippen molar-refractivity contribution in [1.82, 2.24) is 10.2 Å². The van der Waals surface area contributed by atoms with Crippen LogP contribution in [0.4, 0.5) is 5.82 Å². The quantitative estimate of drug-likeness (QED) is 0.813. The van der Waals surface area contributed by atoms with E-state index in [2.05, 4.69) is 33.7 Å². The second-order valence-electron chi connectivity index (χ2n) is 5.11. The zero-order valence-electron chi connectivity index (χ0n) is 10.6. The molecule has 1 saturated carbocycles. The largest absolute Gasteiger partial charge is 0.365 e. The molecule has 18 heavy (non-hydrogen) atoms. The van der Waals surface area contributed by atoms with Crippen LogP contribution in [-0.4, -0.2) is 16.2 Å². The molecule has 94 valence electrons. The van der Waals surface area contributed by atoms with E-state index in [0.29, 0.717) is 6.04 Å². The molecule has 0 aliphatic heterocycles. The molecular weight excluding hydrogens is 222 g/mol. The van der Waals surface area contributed by atoms with Crippen LogP contribution in [0.25, 0.3) is 10.8 Å². The van der Waals surface area contributed by atoms with Crippen molar-refractivity contribution < 1.29 is 0 Å². The van der Waals surface area contributed by atoms with Gasteiger partial charge in [0.15, 0.2) is 5.82 Å². The molecule has 1 aliphatic rings. The first kappa shape index (κ1) is 11.5. The molecule has 1 N–H and O–H groups in total. The Morgan fingerprint density at radius 3 is 2.61 bits per heavy atom. The topological polar surface area (TPSA) is 37.8 Å². The fraction of sp³-hybridized carbons (Fsp3) is 0.467. The van der Waals surface area contributed by atoms with Gasteiger partial charge in [-0.25, -0.2) is 0 Å². The van der Waals surface area contributed by atoms with E-state index in [0.717, 1.165) is 11.2 Å². The summed E-state index contributed by atoms with van der Waals surface area (Å²) < 4.78 is 0. The Morgan fingerprint density at radius 1 is 1.00 bits per heavy atom. The highest BCUT2D eigenvalue weighted by molar-refractivity contribution is 5.90. The second-order valence-corrected chi connectivity index (χ2v) is 5.11. The lowest BCUT2D eigenvalue weighted by Gasteiger charge is -2.17. The van der Waals surface area contributed by atoms with Crippen LogP contribution in [0.3, 0.4) is 0 Å². The van der Waals surface area contributed by atoms with Crippen LogP contribution in [0.5, 0.6) is 0 Å². The van der Waals surface area contributed by atoms with Gasteiger partial charge in [-0.05, 0) is 12.8 Å². The number of nitrogens with one attached hydrogen (secondary N) is 1. The molecule has 3 nitrogen and oxygen atoms in total. The third-order valence-electron chi connectivity index (χ3n) is 3.77. The lowest BCUT2D eigenvalue weighted by atomic mass is 10.1. The van der Waals surface area contributed by atoms with Gasteiger partial charge in [-0.2, -0.15) is 5.10 Å². The van der Waals surface area contributed by atoms with E-state index in [1.807, 2.05) is 12.3 Å². The predicted molar refractivity (Wildman–Crippen MR) is 74.7 cm³/mol. The minimum atomic E-state index is 0.563. The highest BCUT2D eigenvalue weighted by Gasteiger charge is 2.13. The van der Waals surface area contributed by atoms with Gasteiger partial charge in [-0.15, -0.1) is 5.10 Å². The monoisotopic (exact) mass is 241 g/mol. The summed E-state index contributed by atoms with van der Waals surface area (Å²) in [4.78, 5) is 0.